The van der Waals surface area contributed by atoms with Gasteiger partial charge in [0.25, 0.3) is 0 Å². The zero-order valence-electron chi connectivity index (χ0n) is 11.8. The second-order valence-electron chi connectivity index (χ2n) is 4.93. The Morgan fingerprint density at radius 3 is 3.05 bits per heavy atom. The molecule has 0 amide bonds. The van der Waals surface area contributed by atoms with Crippen LogP contribution in [0.15, 0.2) is 40.7 Å². The molecule has 0 fully saturated rings. The largest absolute Gasteiger partial charge is 0.304 e. The van der Waals surface area contributed by atoms with Gasteiger partial charge in [-0.15, -0.1) is 11.3 Å². The summed E-state index contributed by atoms with van der Waals surface area (Å²) in [6, 6.07) is 4.72. The van der Waals surface area contributed by atoms with E-state index >= 15 is 0 Å². The van der Waals surface area contributed by atoms with Gasteiger partial charge in [0.2, 0.25) is 0 Å². The fraction of sp³-hybridized carbons (Fsp3) is 0.333. The molecule has 0 aromatic carbocycles. The van der Waals surface area contributed by atoms with Gasteiger partial charge in [0.05, 0.1) is 18.1 Å². The Labute approximate surface area is 136 Å². The number of halogens is 1. The highest BCUT2D eigenvalue weighted by atomic mass is 79.9. The molecule has 0 saturated heterocycles. The minimum Gasteiger partial charge on any atom is -0.304 e. The van der Waals surface area contributed by atoms with Crippen LogP contribution in [0.5, 0.6) is 0 Å². The molecule has 1 unspecified atom stereocenters. The van der Waals surface area contributed by atoms with E-state index in [2.05, 4.69) is 60.1 Å². The quantitative estimate of drug-likeness (QED) is 0.713. The van der Waals surface area contributed by atoms with Gasteiger partial charge < -0.3 is 5.32 Å². The molecule has 6 heteroatoms. The van der Waals surface area contributed by atoms with Crippen molar-refractivity contribution >= 4 is 32.9 Å². The number of thiophene rings is 1. The average Bonchev–Trinajstić information content (AvgIpc) is 3.13. The number of hydrogen-bond acceptors (Lipinski definition) is 4. The van der Waals surface area contributed by atoms with Gasteiger partial charge in [-0.25, -0.2) is 9.97 Å². The highest BCUT2D eigenvalue weighted by molar-refractivity contribution is 9.10. The summed E-state index contributed by atoms with van der Waals surface area (Å²) in [7, 11) is 0. The predicted molar refractivity (Wildman–Crippen MR) is 89.5 cm³/mol. The van der Waals surface area contributed by atoms with Crippen molar-refractivity contribution in [2.45, 2.75) is 32.4 Å². The second kappa shape index (κ2) is 6.68. The summed E-state index contributed by atoms with van der Waals surface area (Å²) in [6.45, 7) is 3.01. The van der Waals surface area contributed by atoms with E-state index < -0.39 is 0 Å². The maximum Gasteiger partial charge on any atom is 0.155 e. The monoisotopic (exact) mass is 364 g/mol. The van der Waals surface area contributed by atoms with E-state index in [1.54, 1.807) is 6.20 Å². The molecule has 3 heterocycles. The van der Waals surface area contributed by atoms with Gasteiger partial charge in [-0.2, -0.15) is 0 Å². The van der Waals surface area contributed by atoms with Gasteiger partial charge in [-0.3, -0.25) is 4.40 Å². The molecule has 110 valence electrons. The number of hydrogen-bond donors (Lipinski definition) is 1. The number of fused-ring (bicyclic) bond motifs is 1. The van der Waals surface area contributed by atoms with Crippen LogP contribution < -0.4 is 5.32 Å². The van der Waals surface area contributed by atoms with Crippen molar-refractivity contribution in [2.75, 3.05) is 0 Å². The van der Waals surface area contributed by atoms with Crippen LogP contribution in [0.4, 0.5) is 0 Å². The van der Waals surface area contributed by atoms with Crippen LogP contribution in [-0.4, -0.2) is 14.4 Å². The minimum absolute atomic E-state index is 0.408. The summed E-state index contributed by atoms with van der Waals surface area (Å²) in [5.74, 6) is 0. The van der Waals surface area contributed by atoms with Crippen LogP contribution in [-0.2, 0) is 6.54 Å². The third-order valence-electron chi connectivity index (χ3n) is 3.43. The SMILES string of the molecule is CCCC(NCc1cnc2cnc(Br)cn12)c1cccs1. The molecule has 0 radical (unpaired) electrons. The summed E-state index contributed by atoms with van der Waals surface area (Å²) < 4.78 is 2.89. The average molecular weight is 365 g/mol. The summed E-state index contributed by atoms with van der Waals surface area (Å²) in [5.41, 5.74) is 2.02. The van der Waals surface area contributed by atoms with Crippen molar-refractivity contribution in [1.82, 2.24) is 19.7 Å². The molecule has 0 aliphatic carbocycles. The number of nitrogens with one attached hydrogen (secondary N) is 1. The van der Waals surface area contributed by atoms with Crippen molar-refractivity contribution in [1.29, 1.82) is 0 Å². The maximum atomic E-state index is 4.39. The fourth-order valence-corrected chi connectivity index (χ4v) is 3.54. The smallest absolute Gasteiger partial charge is 0.155 e. The number of nitrogens with zero attached hydrogens (tertiary/aromatic N) is 3. The van der Waals surface area contributed by atoms with Crippen molar-refractivity contribution in [3.63, 3.8) is 0 Å². The van der Waals surface area contributed by atoms with Gasteiger partial charge in [-0.1, -0.05) is 19.4 Å². The number of aromatic nitrogens is 3. The molecule has 4 nitrogen and oxygen atoms in total. The Kier molecular flexibility index (Phi) is 4.67. The molecule has 0 bridgehead atoms. The Morgan fingerprint density at radius 1 is 1.38 bits per heavy atom. The lowest BCUT2D eigenvalue weighted by Crippen LogP contribution is -2.20. The maximum absolute atomic E-state index is 4.39. The molecule has 21 heavy (non-hydrogen) atoms. The first-order chi connectivity index (χ1) is 10.3. The van der Waals surface area contributed by atoms with Crippen LogP contribution in [0.25, 0.3) is 5.65 Å². The van der Waals surface area contributed by atoms with Gasteiger partial charge in [0, 0.05) is 23.7 Å². The van der Waals surface area contributed by atoms with Crippen LogP contribution in [0.3, 0.4) is 0 Å². The van der Waals surface area contributed by atoms with Gasteiger partial charge in [-0.05, 0) is 33.8 Å². The molecule has 1 atom stereocenters. The summed E-state index contributed by atoms with van der Waals surface area (Å²) in [4.78, 5) is 9.99. The molecule has 0 spiro atoms. The Hall–Kier alpha value is -1.24. The predicted octanol–water partition coefficient (Wildman–Crippen LogP) is 4.18. The lowest BCUT2D eigenvalue weighted by Gasteiger charge is -2.16. The molecule has 0 saturated carbocycles. The first-order valence-electron chi connectivity index (χ1n) is 7.02. The zero-order valence-corrected chi connectivity index (χ0v) is 14.2. The summed E-state index contributed by atoms with van der Waals surface area (Å²) >= 11 is 5.22. The molecule has 1 N–H and O–H groups in total. The molecule has 0 aliphatic rings. The van der Waals surface area contributed by atoms with Crippen molar-refractivity contribution in [3.8, 4) is 0 Å². The van der Waals surface area contributed by atoms with E-state index in [4.69, 9.17) is 0 Å². The third kappa shape index (κ3) is 3.33. The lowest BCUT2D eigenvalue weighted by molar-refractivity contribution is 0.495. The van der Waals surface area contributed by atoms with Gasteiger partial charge in [0.1, 0.15) is 4.60 Å². The first-order valence-corrected chi connectivity index (χ1v) is 8.69. The Morgan fingerprint density at radius 2 is 2.29 bits per heavy atom. The third-order valence-corrected chi connectivity index (χ3v) is 4.83. The standard InChI is InChI=1S/C15H17BrN4S/c1-2-4-12(13-5-3-6-21-13)17-7-11-8-19-15-9-18-14(16)10-20(11)15/h3,5-6,8-10,12,17H,2,4,7H2,1H3. The van der Waals surface area contributed by atoms with E-state index in [1.165, 1.54) is 4.88 Å². The summed E-state index contributed by atoms with van der Waals surface area (Å²) in [6.07, 6.45) is 7.95. The Bertz CT molecular complexity index is 708. The molecular formula is C15H17BrN4S. The molecule has 3 aromatic heterocycles. The van der Waals surface area contributed by atoms with E-state index in [9.17, 15) is 0 Å². The number of imidazole rings is 1. The van der Waals surface area contributed by atoms with Gasteiger partial charge >= 0.3 is 0 Å². The highest BCUT2D eigenvalue weighted by Crippen LogP contribution is 2.23. The second-order valence-corrected chi connectivity index (χ2v) is 6.72. The van der Waals surface area contributed by atoms with Crippen molar-refractivity contribution < 1.29 is 0 Å². The van der Waals surface area contributed by atoms with Gasteiger partial charge in [0.15, 0.2) is 5.65 Å². The molecule has 3 aromatic rings. The van der Waals surface area contributed by atoms with Crippen LogP contribution in [0, 0.1) is 0 Å². The van der Waals surface area contributed by atoms with Crippen molar-refractivity contribution in [2.24, 2.45) is 0 Å². The van der Waals surface area contributed by atoms with Crippen LogP contribution in [0.1, 0.15) is 36.4 Å². The normalized spacial score (nSPS) is 12.9. The topological polar surface area (TPSA) is 42.2 Å². The first kappa shape index (κ1) is 14.7. The summed E-state index contributed by atoms with van der Waals surface area (Å²) in [5, 5.41) is 5.79. The zero-order chi connectivity index (χ0) is 14.7. The minimum atomic E-state index is 0.408. The molecule has 3 rings (SSSR count). The molecule has 0 aliphatic heterocycles. The van der Waals surface area contributed by atoms with E-state index in [0.717, 1.165) is 35.3 Å². The van der Waals surface area contributed by atoms with Crippen LogP contribution >= 0.6 is 27.3 Å². The molecular weight excluding hydrogens is 348 g/mol. The highest BCUT2D eigenvalue weighted by Gasteiger charge is 2.12. The number of rotatable bonds is 6. The van der Waals surface area contributed by atoms with E-state index in [1.807, 2.05) is 23.7 Å². The fourth-order valence-electron chi connectivity index (χ4n) is 2.40. The Balaban J connectivity index is 1.77. The van der Waals surface area contributed by atoms with E-state index in [0.29, 0.717) is 6.04 Å². The lowest BCUT2D eigenvalue weighted by atomic mass is 10.1. The van der Waals surface area contributed by atoms with Crippen LogP contribution in [0.2, 0.25) is 0 Å². The van der Waals surface area contributed by atoms with E-state index in [-0.39, 0.29) is 0 Å². The van der Waals surface area contributed by atoms with Crippen molar-refractivity contribution in [3.05, 3.63) is 51.3 Å².